The Morgan fingerprint density at radius 1 is 0.907 bits per heavy atom. The highest BCUT2D eigenvalue weighted by atomic mass is 19.4. The number of aliphatic carboxylic acids is 1. The number of hydrogen-bond acceptors (Lipinski definition) is 5. The highest BCUT2D eigenvalue weighted by Gasteiger charge is 2.38. The van der Waals surface area contributed by atoms with Crippen LogP contribution in [0.15, 0.2) is 79.1 Å². The maximum absolute atomic E-state index is 12.4. The fraction of sp³-hybridized carbons (Fsp3) is 0.200. The van der Waals surface area contributed by atoms with Crippen LogP contribution in [0.5, 0.6) is 5.75 Å². The number of nitrogens with zero attached hydrogens (tertiary/aromatic N) is 4. The van der Waals surface area contributed by atoms with Gasteiger partial charge in [0.2, 0.25) is 0 Å². The van der Waals surface area contributed by atoms with Crippen LogP contribution in [-0.2, 0) is 17.8 Å². The molecule has 0 spiro atoms. The maximum atomic E-state index is 12.4. The molecular formula is C30H22F6N4O3. The molecule has 5 aromatic rings. The van der Waals surface area contributed by atoms with Gasteiger partial charge in [-0.3, -0.25) is 14.6 Å². The van der Waals surface area contributed by atoms with E-state index in [1.807, 2.05) is 42.5 Å². The molecule has 0 fully saturated rings. The van der Waals surface area contributed by atoms with Crippen molar-refractivity contribution < 1.29 is 41.0 Å². The molecule has 6 rings (SSSR count). The van der Waals surface area contributed by atoms with Gasteiger partial charge in [-0.05, 0) is 65.9 Å². The van der Waals surface area contributed by atoms with Crippen molar-refractivity contribution in [2.24, 2.45) is 0 Å². The molecule has 0 aliphatic carbocycles. The first-order valence-corrected chi connectivity index (χ1v) is 12.9. The van der Waals surface area contributed by atoms with Crippen LogP contribution in [0, 0.1) is 0 Å². The van der Waals surface area contributed by atoms with Crippen molar-refractivity contribution in [3.8, 4) is 39.4 Å². The van der Waals surface area contributed by atoms with Gasteiger partial charge in [-0.1, -0.05) is 30.3 Å². The minimum absolute atomic E-state index is 0.175. The number of ether oxygens (including phenoxy) is 1. The van der Waals surface area contributed by atoms with Gasteiger partial charge in [-0.25, -0.2) is 4.79 Å². The fourth-order valence-electron chi connectivity index (χ4n) is 4.75. The predicted octanol–water partition coefficient (Wildman–Crippen LogP) is 7.35. The van der Waals surface area contributed by atoms with Crippen molar-refractivity contribution in [3.05, 3.63) is 84.8 Å². The van der Waals surface area contributed by atoms with Crippen LogP contribution in [-0.4, -0.2) is 49.8 Å². The lowest BCUT2D eigenvalue weighted by Gasteiger charge is -2.11. The number of benzene rings is 2. The van der Waals surface area contributed by atoms with Crippen LogP contribution in [0.4, 0.5) is 26.3 Å². The number of carboxylic acid groups (broad SMARTS) is 1. The first-order valence-electron chi connectivity index (χ1n) is 12.9. The SMILES string of the molecule is FC(F)(F)COc1ccc(-c2ccc3c(-c4c(-c5ccccn5)nn5c4CCC5)ccnc3c2)cc1.O=C(O)C(F)(F)F. The van der Waals surface area contributed by atoms with Crippen LogP contribution in [0.2, 0.25) is 0 Å². The lowest BCUT2D eigenvalue weighted by Crippen LogP contribution is -2.21. The molecule has 1 aliphatic rings. The van der Waals surface area contributed by atoms with E-state index in [-0.39, 0.29) is 5.75 Å². The van der Waals surface area contributed by atoms with Gasteiger partial charge in [0.25, 0.3) is 0 Å². The van der Waals surface area contributed by atoms with Gasteiger partial charge in [0.05, 0.1) is 11.2 Å². The second-order valence-electron chi connectivity index (χ2n) is 9.53. The van der Waals surface area contributed by atoms with Crippen molar-refractivity contribution >= 4 is 16.9 Å². The van der Waals surface area contributed by atoms with E-state index >= 15 is 0 Å². The van der Waals surface area contributed by atoms with E-state index in [4.69, 9.17) is 19.7 Å². The van der Waals surface area contributed by atoms with Crippen molar-refractivity contribution in [2.45, 2.75) is 31.7 Å². The molecule has 0 amide bonds. The van der Waals surface area contributed by atoms with E-state index in [9.17, 15) is 26.3 Å². The van der Waals surface area contributed by atoms with Crippen molar-refractivity contribution in [2.75, 3.05) is 6.61 Å². The lowest BCUT2D eigenvalue weighted by molar-refractivity contribution is -0.192. The van der Waals surface area contributed by atoms with Gasteiger partial charge >= 0.3 is 18.3 Å². The van der Waals surface area contributed by atoms with E-state index in [0.717, 1.165) is 63.9 Å². The fourth-order valence-corrected chi connectivity index (χ4v) is 4.75. The Balaban J connectivity index is 0.000000472. The summed E-state index contributed by atoms with van der Waals surface area (Å²) in [7, 11) is 0. The quantitative estimate of drug-likeness (QED) is 0.212. The van der Waals surface area contributed by atoms with Gasteiger partial charge in [0, 0.05) is 35.6 Å². The van der Waals surface area contributed by atoms with E-state index in [0.29, 0.717) is 0 Å². The van der Waals surface area contributed by atoms with Gasteiger partial charge in [-0.2, -0.15) is 31.4 Å². The highest BCUT2D eigenvalue weighted by Crippen LogP contribution is 2.40. The third-order valence-corrected chi connectivity index (χ3v) is 6.59. The molecule has 7 nitrogen and oxygen atoms in total. The third-order valence-electron chi connectivity index (χ3n) is 6.59. The summed E-state index contributed by atoms with van der Waals surface area (Å²) in [6, 6.07) is 20.5. The van der Waals surface area contributed by atoms with Crippen molar-refractivity contribution in [3.63, 3.8) is 0 Å². The molecule has 13 heteroatoms. The van der Waals surface area contributed by atoms with Crippen LogP contribution < -0.4 is 4.74 Å². The Hall–Kier alpha value is -4.94. The molecule has 0 saturated carbocycles. The number of pyridine rings is 2. The molecule has 43 heavy (non-hydrogen) atoms. The molecule has 0 saturated heterocycles. The van der Waals surface area contributed by atoms with Crippen molar-refractivity contribution in [1.82, 2.24) is 19.7 Å². The Kier molecular flexibility index (Phi) is 8.07. The second kappa shape index (κ2) is 11.7. The maximum Gasteiger partial charge on any atom is 0.490 e. The second-order valence-corrected chi connectivity index (χ2v) is 9.53. The smallest absolute Gasteiger partial charge is 0.484 e. The number of halogens is 6. The number of rotatable bonds is 5. The molecule has 0 unspecified atom stereocenters. The number of alkyl halides is 6. The Bertz CT molecular complexity index is 1750. The average Bonchev–Trinajstić information content (AvgIpc) is 3.58. The highest BCUT2D eigenvalue weighted by molar-refractivity contribution is 6.00. The molecule has 0 atom stereocenters. The first-order chi connectivity index (χ1) is 20.4. The van der Waals surface area contributed by atoms with E-state index in [1.54, 1.807) is 36.7 Å². The van der Waals surface area contributed by atoms with E-state index in [2.05, 4.69) is 14.6 Å². The number of hydrogen-bond donors (Lipinski definition) is 1. The van der Waals surface area contributed by atoms with Crippen LogP contribution in [0.3, 0.4) is 0 Å². The normalized spacial score (nSPS) is 12.9. The minimum atomic E-state index is -5.08. The van der Waals surface area contributed by atoms with Crippen LogP contribution in [0.25, 0.3) is 44.5 Å². The molecule has 222 valence electrons. The average molecular weight is 601 g/mol. The van der Waals surface area contributed by atoms with Gasteiger partial charge < -0.3 is 9.84 Å². The summed E-state index contributed by atoms with van der Waals surface area (Å²) >= 11 is 0. The summed E-state index contributed by atoms with van der Waals surface area (Å²) in [6.45, 7) is -0.418. The van der Waals surface area contributed by atoms with Crippen molar-refractivity contribution in [1.29, 1.82) is 0 Å². The van der Waals surface area contributed by atoms with Gasteiger partial charge in [0.15, 0.2) is 6.61 Å². The van der Waals surface area contributed by atoms with Gasteiger partial charge in [0.1, 0.15) is 11.4 Å². The minimum Gasteiger partial charge on any atom is -0.484 e. The number of carbonyl (C=O) groups is 1. The molecule has 2 aromatic carbocycles. The Morgan fingerprint density at radius 2 is 1.63 bits per heavy atom. The molecule has 0 bridgehead atoms. The zero-order chi connectivity index (χ0) is 30.8. The number of aryl methyl sites for hydroxylation is 1. The summed E-state index contributed by atoms with van der Waals surface area (Å²) in [5.74, 6) is -2.58. The zero-order valence-electron chi connectivity index (χ0n) is 22.2. The summed E-state index contributed by atoms with van der Waals surface area (Å²) in [5.41, 5.74) is 7.68. The molecule has 1 N–H and O–H groups in total. The summed E-state index contributed by atoms with van der Waals surface area (Å²) in [4.78, 5) is 18.1. The largest absolute Gasteiger partial charge is 0.490 e. The summed E-state index contributed by atoms with van der Waals surface area (Å²) < 4.78 is 75.9. The van der Waals surface area contributed by atoms with E-state index in [1.165, 1.54) is 5.69 Å². The molecular weight excluding hydrogens is 578 g/mol. The standard InChI is InChI=1S/C28H21F3N4O.C2HF3O2/c29-28(30,31)17-36-20-9-6-18(7-10-20)19-8-11-21-22(12-14-33-24(21)16-19)26-25-5-3-15-35(25)34-27(26)23-4-1-2-13-32-23;3-2(4,5)1(6)7/h1-2,4,6-14,16H,3,5,15,17H2;(H,6,7). The Labute approximate surface area is 240 Å². The first kappa shape index (κ1) is 29.5. The Morgan fingerprint density at radius 3 is 2.28 bits per heavy atom. The topological polar surface area (TPSA) is 90.1 Å². The summed E-state index contributed by atoms with van der Waals surface area (Å²) in [5, 5.41) is 13.0. The van der Waals surface area contributed by atoms with Crippen LogP contribution in [0.1, 0.15) is 12.1 Å². The number of carboxylic acids is 1. The monoisotopic (exact) mass is 600 g/mol. The predicted molar refractivity (Wildman–Crippen MR) is 145 cm³/mol. The number of aromatic nitrogens is 4. The van der Waals surface area contributed by atoms with E-state index < -0.39 is 24.9 Å². The molecule has 0 radical (unpaired) electrons. The lowest BCUT2D eigenvalue weighted by atomic mass is 9.95. The number of fused-ring (bicyclic) bond motifs is 2. The van der Waals surface area contributed by atoms with Crippen LogP contribution >= 0.6 is 0 Å². The molecule has 3 aromatic heterocycles. The molecule has 4 heterocycles. The molecule has 1 aliphatic heterocycles. The zero-order valence-corrected chi connectivity index (χ0v) is 22.2. The summed E-state index contributed by atoms with van der Waals surface area (Å²) in [6.07, 6.45) is -3.85. The van der Waals surface area contributed by atoms with Gasteiger partial charge in [-0.15, -0.1) is 0 Å². The third kappa shape index (κ3) is 6.76.